The van der Waals surface area contributed by atoms with Gasteiger partial charge in [0.2, 0.25) is 0 Å². The van der Waals surface area contributed by atoms with Crippen molar-refractivity contribution < 1.29 is 0 Å². The summed E-state index contributed by atoms with van der Waals surface area (Å²) in [4.78, 5) is 5.03. The number of aryl methyl sites for hydroxylation is 1. The van der Waals surface area contributed by atoms with E-state index in [9.17, 15) is 0 Å². The van der Waals surface area contributed by atoms with Crippen LogP contribution in [0.3, 0.4) is 0 Å². The molecule has 1 aromatic carbocycles. The maximum Gasteiger partial charge on any atom is 0.116 e. The van der Waals surface area contributed by atoms with Gasteiger partial charge in [-0.1, -0.05) is 13.0 Å². The number of hydrogen-bond acceptors (Lipinski definition) is 2. The Balaban J connectivity index is 2.21. The van der Waals surface area contributed by atoms with Gasteiger partial charge in [-0.25, -0.2) is 4.98 Å². The molecule has 1 aliphatic rings. The Bertz CT molecular complexity index is 618. The summed E-state index contributed by atoms with van der Waals surface area (Å²) in [5.74, 6) is 1.27. The lowest BCUT2D eigenvalue weighted by Crippen LogP contribution is -2.39. The van der Waals surface area contributed by atoms with Crippen molar-refractivity contribution in [3.8, 4) is 0 Å². The average molecular weight is 271 g/mol. The summed E-state index contributed by atoms with van der Waals surface area (Å²) in [5, 5.41) is 3.46. The third-order valence-electron chi connectivity index (χ3n) is 4.61. The quantitative estimate of drug-likeness (QED) is 0.905. The van der Waals surface area contributed by atoms with Crippen LogP contribution in [0.2, 0.25) is 0 Å². The minimum absolute atomic E-state index is 0.197. The van der Waals surface area contributed by atoms with Crippen LogP contribution < -0.4 is 5.32 Å². The first kappa shape index (κ1) is 13.6. The zero-order valence-electron chi connectivity index (χ0n) is 13.0. The van der Waals surface area contributed by atoms with Gasteiger partial charge >= 0.3 is 0 Å². The summed E-state index contributed by atoms with van der Waals surface area (Å²) in [5.41, 5.74) is 3.91. The lowest BCUT2D eigenvalue weighted by Gasteiger charge is -2.34. The van der Waals surface area contributed by atoms with E-state index in [1.165, 1.54) is 29.7 Å². The molecule has 0 saturated carbocycles. The summed E-state index contributed by atoms with van der Waals surface area (Å²) in [6, 6.07) is 7.08. The Labute approximate surface area is 121 Å². The zero-order valence-corrected chi connectivity index (χ0v) is 13.0. The third kappa shape index (κ3) is 2.14. The van der Waals surface area contributed by atoms with Crippen LogP contribution in [0.15, 0.2) is 18.2 Å². The molecule has 0 bridgehead atoms. The van der Waals surface area contributed by atoms with Crippen LogP contribution in [0.1, 0.15) is 51.0 Å². The number of nitrogens with zero attached hydrogens (tertiary/aromatic N) is 2. The molecular formula is C17H25N3. The highest BCUT2D eigenvalue weighted by Crippen LogP contribution is 2.36. The molecule has 1 aliphatic heterocycles. The molecule has 0 radical (unpaired) electrons. The first-order chi connectivity index (χ1) is 9.51. The molecule has 20 heavy (non-hydrogen) atoms. The van der Waals surface area contributed by atoms with Crippen molar-refractivity contribution >= 4 is 11.0 Å². The maximum atomic E-state index is 5.03. The van der Waals surface area contributed by atoms with Crippen LogP contribution >= 0.6 is 0 Å². The molecule has 0 atom stereocenters. The van der Waals surface area contributed by atoms with E-state index >= 15 is 0 Å². The molecule has 0 spiro atoms. The minimum atomic E-state index is 0.197. The van der Waals surface area contributed by atoms with Gasteiger partial charge in [0, 0.05) is 11.5 Å². The van der Waals surface area contributed by atoms with E-state index in [1.54, 1.807) is 0 Å². The minimum Gasteiger partial charge on any atom is -0.325 e. The van der Waals surface area contributed by atoms with Gasteiger partial charge in [0.25, 0.3) is 0 Å². The molecule has 0 unspecified atom stereocenters. The fraction of sp³-hybridized carbons (Fsp3) is 0.588. The maximum absolute atomic E-state index is 5.03. The van der Waals surface area contributed by atoms with Crippen LogP contribution in [0, 0.1) is 6.92 Å². The van der Waals surface area contributed by atoms with Crippen molar-refractivity contribution in [2.45, 2.75) is 52.0 Å². The van der Waals surface area contributed by atoms with E-state index in [1.807, 2.05) is 0 Å². The monoisotopic (exact) mass is 271 g/mol. The number of aromatic nitrogens is 2. The summed E-state index contributed by atoms with van der Waals surface area (Å²) in [6.07, 6.45) is 2.34. The van der Waals surface area contributed by atoms with Crippen molar-refractivity contribution in [2.24, 2.45) is 0 Å². The molecule has 3 nitrogen and oxygen atoms in total. The van der Waals surface area contributed by atoms with E-state index in [2.05, 4.69) is 55.8 Å². The van der Waals surface area contributed by atoms with E-state index in [-0.39, 0.29) is 5.41 Å². The molecule has 2 heterocycles. The lowest BCUT2D eigenvalue weighted by molar-refractivity contribution is 0.305. The van der Waals surface area contributed by atoms with Gasteiger partial charge in [0.05, 0.1) is 11.0 Å². The van der Waals surface area contributed by atoms with Gasteiger partial charge in [-0.3, -0.25) is 0 Å². The number of hydrogen-bond donors (Lipinski definition) is 1. The van der Waals surface area contributed by atoms with E-state index in [0.717, 1.165) is 18.6 Å². The van der Waals surface area contributed by atoms with E-state index < -0.39 is 0 Å². The summed E-state index contributed by atoms with van der Waals surface area (Å²) >= 11 is 0. The molecule has 0 amide bonds. The molecular weight excluding hydrogens is 246 g/mol. The van der Waals surface area contributed by atoms with Crippen molar-refractivity contribution in [2.75, 3.05) is 13.1 Å². The van der Waals surface area contributed by atoms with Gasteiger partial charge in [-0.15, -0.1) is 0 Å². The number of piperidine rings is 1. The highest BCUT2D eigenvalue weighted by atomic mass is 15.1. The normalized spacial score (nSPS) is 18.9. The van der Waals surface area contributed by atoms with Crippen molar-refractivity contribution in [3.63, 3.8) is 0 Å². The van der Waals surface area contributed by atoms with Crippen LogP contribution in [0.25, 0.3) is 11.0 Å². The second-order valence-corrected chi connectivity index (χ2v) is 6.70. The first-order valence-electron chi connectivity index (χ1n) is 7.71. The molecule has 1 saturated heterocycles. The van der Waals surface area contributed by atoms with Crippen LogP contribution in [0.5, 0.6) is 0 Å². The fourth-order valence-corrected chi connectivity index (χ4v) is 3.36. The predicted molar refractivity (Wildman–Crippen MR) is 84.3 cm³/mol. The molecule has 1 N–H and O–H groups in total. The second kappa shape index (κ2) is 4.88. The zero-order chi connectivity index (χ0) is 14.3. The highest BCUT2D eigenvalue weighted by Gasteiger charge is 2.34. The molecule has 108 valence electrons. The standard InChI is InChI=1S/C17H25N3/c1-12(2)20-15-6-5-13(3)11-14(15)19-16(20)17(4)7-9-18-10-8-17/h5-6,11-12,18H,7-10H2,1-4H3. The molecule has 2 aromatic rings. The Morgan fingerprint density at radius 1 is 1.25 bits per heavy atom. The topological polar surface area (TPSA) is 29.9 Å². The Morgan fingerprint density at radius 2 is 1.95 bits per heavy atom. The molecule has 0 aliphatic carbocycles. The molecule has 1 fully saturated rings. The number of imidazole rings is 1. The Morgan fingerprint density at radius 3 is 2.60 bits per heavy atom. The Kier molecular flexibility index (Phi) is 3.33. The van der Waals surface area contributed by atoms with Gasteiger partial charge in [0.1, 0.15) is 5.82 Å². The lowest BCUT2D eigenvalue weighted by atomic mass is 9.80. The number of rotatable bonds is 2. The smallest absolute Gasteiger partial charge is 0.116 e. The molecule has 1 aromatic heterocycles. The van der Waals surface area contributed by atoms with E-state index in [4.69, 9.17) is 4.98 Å². The van der Waals surface area contributed by atoms with Crippen LogP contribution in [-0.2, 0) is 5.41 Å². The largest absolute Gasteiger partial charge is 0.325 e. The number of nitrogens with one attached hydrogen (secondary N) is 1. The summed E-state index contributed by atoms with van der Waals surface area (Å²) < 4.78 is 2.44. The Hall–Kier alpha value is -1.35. The number of fused-ring (bicyclic) bond motifs is 1. The highest BCUT2D eigenvalue weighted by molar-refractivity contribution is 5.77. The summed E-state index contributed by atoms with van der Waals surface area (Å²) in [7, 11) is 0. The van der Waals surface area contributed by atoms with Crippen molar-refractivity contribution in [3.05, 3.63) is 29.6 Å². The second-order valence-electron chi connectivity index (χ2n) is 6.70. The molecule has 3 heteroatoms. The van der Waals surface area contributed by atoms with Crippen molar-refractivity contribution in [1.29, 1.82) is 0 Å². The van der Waals surface area contributed by atoms with Gasteiger partial charge in [-0.2, -0.15) is 0 Å². The third-order valence-corrected chi connectivity index (χ3v) is 4.61. The van der Waals surface area contributed by atoms with Crippen LogP contribution in [-0.4, -0.2) is 22.6 Å². The first-order valence-corrected chi connectivity index (χ1v) is 7.71. The summed E-state index contributed by atoms with van der Waals surface area (Å²) in [6.45, 7) is 11.2. The average Bonchev–Trinajstić information content (AvgIpc) is 2.78. The number of benzene rings is 1. The van der Waals surface area contributed by atoms with Crippen LogP contribution in [0.4, 0.5) is 0 Å². The SMILES string of the molecule is Cc1ccc2c(c1)nc(C1(C)CCNCC1)n2C(C)C. The fourth-order valence-electron chi connectivity index (χ4n) is 3.36. The van der Waals surface area contributed by atoms with Gasteiger partial charge in [-0.05, 0) is 64.4 Å². The predicted octanol–water partition coefficient (Wildman–Crippen LogP) is 3.57. The van der Waals surface area contributed by atoms with Gasteiger partial charge in [0.15, 0.2) is 0 Å². The molecule has 3 rings (SSSR count). The van der Waals surface area contributed by atoms with E-state index in [0.29, 0.717) is 6.04 Å². The van der Waals surface area contributed by atoms with Crippen molar-refractivity contribution in [1.82, 2.24) is 14.9 Å². The van der Waals surface area contributed by atoms with Gasteiger partial charge < -0.3 is 9.88 Å².